The molecule has 1 fully saturated rings. The smallest absolute Gasteiger partial charge is 0.329 e. The molecule has 1 amide bonds. The van der Waals surface area contributed by atoms with E-state index in [9.17, 15) is 18.0 Å². The Hall–Kier alpha value is -0.450. The third kappa shape index (κ3) is 3.06. The highest BCUT2D eigenvalue weighted by Gasteiger charge is 2.38. The third-order valence-electron chi connectivity index (χ3n) is 1.96. The predicted octanol–water partition coefficient (Wildman–Crippen LogP) is 1.98. The first kappa shape index (κ1) is 10.6. The maximum Gasteiger partial charge on any atom is 0.389 e. The third-order valence-corrected chi connectivity index (χ3v) is 2.25. The molecule has 1 aliphatic heterocycles. The van der Waals surface area contributed by atoms with Gasteiger partial charge in [-0.25, -0.2) is 0 Å². The normalized spacial score (nSPS) is 24.2. The number of likely N-dealkylation sites (tertiary alicyclic amines) is 1. The summed E-state index contributed by atoms with van der Waals surface area (Å²) in [6, 6.07) is -0.0206. The molecule has 1 saturated heterocycles. The number of halogens is 4. The van der Waals surface area contributed by atoms with Crippen molar-refractivity contribution in [3.63, 3.8) is 0 Å². The first-order valence-electron chi connectivity index (χ1n) is 3.83. The minimum Gasteiger partial charge on any atom is -0.329 e. The molecule has 0 aromatic rings. The zero-order valence-corrected chi connectivity index (χ0v) is 7.53. The van der Waals surface area contributed by atoms with Crippen LogP contribution in [0.25, 0.3) is 0 Å². The topological polar surface area (TPSA) is 20.3 Å². The van der Waals surface area contributed by atoms with E-state index in [1.54, 1.807) is 0 Å². The van der Waals surface area contributed by atoms with Gasteiger partial charge in [-0.1, -0.05) is 0 Å². The number of rotatable bonds is 2. The second kappa shape index (κ2) is 3.74. The van der Waals surface area contributed by atoms with E-state index in [1.165, 1.54) is 4.90 Å². The van der Waals surface area contributed by atoms with Crippen molar-refractivity contribution < 1.29 is 18.0 Å². The van der Waals surface area contributed by atoms with Crippen LogP contribution in [-0.2, 0) is 4.79 Å². The Labute approximate surface area is 78.6 Å². The molecule has 0 aromatic heterocycles. The van der Waals surface area contributed by atoms with Gasteiger partial charge in [-0.3, -0.25) is 4.79 Å². The molecule has 13 heavy (non-hydrogen) atoms. The van der Waals surface area contributed by atoms with Crippen LogP contribution in [0.3, 0.4) is 0 Å². The van der Waals surface area contributed by atoms with Gasteiger partial charge in [0, 0.05) is 19.4 Å². The second-order valence-corrected chi connectivity index (χ2v) is 3.36. The van der Waals surface area contributed by atoms with Crippen LogP contribution in [-0.4, -0.2) is 29.5 Å². The highest BCUT2D eigenvalue weighted by Crippen LogP contribution is 2.30. The van der Waals surface area contributed by atoms with Crippen LogP contribution in [0.4, 0.5) is 13.2 Å². The van der Waals surface area contributed by atoms with Gasteiger partial charge in [0.15, 0.2) is 0 Å². The number of alkyl halides is 4. The number of amides is 1. The zero-order valence-electron chi connectivity index (χ0n) is 6.77. The summed E-state index contributed by atoms with van der Waals surface area (Å²) >= 11 is 5.36. The monoisotopic (exact) mass is 215 g/mol. The van der Waals surface area contributed by atoms with Crippen molar-refractivity contribution in [2.75, 3.05) is 12.5 Å². The maximum atomic E-state index is 11.9. The Morgan fingerprint density at radius 3 is 2.54 bits per heavy atom. The minimum atomic E-state index is -4.19. The van der Waals surface area contributed by atoms with Crippen LogP contribution in [0.15, 0.2) is 0 Å². The molecule has 0 radical (unpaired) electrons. The quantitative estimate of drug-likeness (QED) is 0.510. The Morgan fingerprint density at radius 1 is 1.54 bits per heavy atom. The van der Waals surface area contributed by atoms with Crippen LogP contribution in [0.1, 0.15) is 12.8 Å². The zero-order chi connectivity index (χ0) is 10.1. The molecule has 1 rings (SSSR count). The molecule has 1 heterocycles. The summed E-state index contributed by atoms with van der Waals surface area (Å²) in [6.45, 7) is 0.127. The fraction of sp³-hybridized carbons (Fsp3) is 0.857. The van der Waals surface area contributed by atoms with Gasteiger partial charge >= 0.3 is 6.18 Å². The summed E-state index contributed by atoms with van der Waals surface area (Å²) in [5.74, 6) is -0.907. The van der Waals surface area contributed by atoms with E-state index in [0.717, 1.165) is 0 Å². The van der Waals surface area contributed by atoms with E-state index in [-0.39, 0.29) is 24.9 Å². The lowest BCUT2D eigenvalue weighted by Gasteiger charge is -2.13. The Kier molecular flexibility index (Phi) is 3.05. The van der Waals surface area contributed by atoms with Crippen LogP contribution in [0.2, 0.25) is 0 Å². The average Bonchev–Trinajstić information content (AvgIpc) is 2.26. The number of hydrogen-bond acceptors (Lipinski definition) is 1. The van der Waals surface area contributed by atoms with Gasteiger partial charge in [0.1, 0.15) is 0 Å². The van der Waals surface area contributed by atoms with Crippen molar-refractivity contribution in [1.29, 1.82) is 0 Å². The number of carbonyl (C=O) groups excluding carboxylic acids is 1. The lowest BCUT2D eigenvalue weighted by molar-refractivity contribution is -0.143. The van der Waals surface area contributed by atoms with Gasteiger partial charge in [-0.2, -0.15) is 13.2 Å². The molecule has 0 bridgehead atoms. The van der Waals surface area contributed by atoms with E-state index in [4.69, 9.17) is 11.6 Å². The molecule has 0 unspecified atom stereocenters. The van der Waals surface area contributed by atoms with Crippen molar-refractivity contribution in [3.8, 4) is 0 Å². The lowest BCUT2D eigenvalue weighted by Crippen LogP contribution is -2.24. The first-order chi connectivity index (χ1) is 5.92. The average molecular weight is 216 g/mol. The van der Waals surface area contributed by atoms with Gasteiger partial charge in [0.25, 0.3) is 0 Å². The molecule has 0 spiro atoms. The number of carbonyl (C=O) groups is 1. The molecular weight excluding hydrogens is 207 g/mol. The molecule has 76 valence electrons. The molecule has 0 aliphatic carbocycles. The van der Waals surface area contributed by atoms with Gasteiger partial charge in [0.2, 0.25) is 5.91 Å². The Balaban J connectivity index is 2.45. The molecule has 0 N–H and O–H groups in total. The standard InChI is InChI=1S/C7H9ClF3NO/c8-4-12-3-5(1-6(12)13)2-7(9,10)11/h5H,1-4H2/t5-/m1/s1. The summed E-state index contributed by atoms with van der Waals surface area (Å²) in [5.41, 5.74) is 0. The van der Waals surface area contributed by atoms with Crippen molar-refractivity contribution in [3.05, 3.63) is 0 Å². The van der Waals surface area contributed by atoms with Gasteiger partial charge < -0.3 is 4.90 Å². The fourth-order valence-corrected chi connectivity index (χ4v) is 1.66. The van der Waals surface area contributed by atoms with Crippen molar-refractivity contribution in [1.82, 2.24) is 4.90 Å². The summed E-state index contributed by atoms with van der Waals surface area (Å²) in [6.07, 6.45) is -5.12. The summed E-state index contributed by atoms with van der Waals surface area (Å²) in [5, 5.41) is 0. The van der Waals surface area contributed by atoms with Crippen LogP contribution < -0.4 is 0 Å². The molecule has 0 aromatic carbocycles. The van der Waals surface area contributed by atoms with Crippen molar-refractivity contribution in [2.45, 2.75) is 19.0 Å². The molecule has 1 atom stereocenters. The van der Waals surface area contributed by atoms with Crippen LogP contribution in [0, 0.1) is 5.92 Å². The maximum absolute atomic E-state index is 11.9. The van der Waals surface area contributed by atoms with E-state index in [0.29, 0.717) is 0 Å². The number of hydrogen-bond donors (Lipinski definition) is 0. The Morgan fingerprint density at radius 2 is 2.15 bits per heavy atom. The lowest BCUT2D eigenvalue weighted by atomic mass is 10.1. The highest BCUT2D eigenvalue weighted by molar-refractivity contribution is 6.18. The predicted molar refractivity (Wildman–Crippen MR) is 41.2 cm³/mol. The van der Waals surface area contributed by atoms with E-state index in [2.05, 4.69) is 0 Å². The summed E-state index contributed by atoms with van der Waals surface area (Å²) in [7, 11) is 0. The fourth-order valence-electron chi connectivity index (χ4n) is 1.43. The minimum absolute atomic E-state index is 0.0206. The molecule has 2 nitrogen and oxygen atoms in total. The number of nitrogens with zero attached hydrogens (tertiary/aromatic N) is 1. The molecule has 6 heteroatoms. The largest absolute Gasteiger partial charge is 0.389 e. The first-order valence-corrected chi connectivity index (χ1v) is 4.36. The second-order valence-electron chi connectivity index (χ2n) is 3.13. The van der Waals surface area contributed by atoms with E-state index >= 15 is 0 Å². The Bertz CT molecular complexity index is 206. The van der Waals surface area contributed by atoms with E-state index < -0.39 is 18.5 Å². The van der Waals surface area contributed by atoms with Gasteiger partial charge in [0.05, 0.1) is 6.00 Å². The van der Waals surface area contributed by atoms with Gasteiger partial charge in [-0.15, -0.1) is 11.6 Å². The van der Waals surface area contributed by atoms with Crippen molar-refractivity contribution in [2.24, 2.45) is 5.92 Å². The summed E-state index contributed by atoms with van der Waals surface area (Å²) < 4.78 is 35.7. The molecule has 1 aliphatic rings. The highest BCUT2D eigenvalue weighted by atomic mass is 35.5. The van der Waals surface area contributed by atoms with E-state index in [1.807, 2.05) is 0 Å². The van der Waals surface area contributed by atoms with Crippen LogP contribution >= 0.6 is 11.6 Å². The van der Waals surface area contributed by atoms with Gasteiger partial charge in [-0.05, 0) is 5.92 Å². The summed E-state index contributed by atoms with van der Waals surface area (Å²) in [4.78, 5) is 12.2. The molecule has 0 saturated carbocycles. The SMILES string of the molecule is O=C1C[C@H](CC(F)(F)F)CN1CCl. The van der Waals surface area contributed by atoms with Crippen LogP contribution in [0.5, 0.6) is 0 Å². The molecular formula is C7H9ClF3NO. The van der Waals surface area contributed by atoms with Crippen molar-refractivity contribution >= 4 is 17.5 Å².